The Bertz CT molecular complexity index is 281. The van der Waals surface area contributed by atoms with Crippen molar-refractivity contribution in [2.45, 2.75) is 65.2 Å². The van der Waals surface area contributed by atoms with E-state index in [1.807, 2.05) is 0 Å². The molecule has 5 aliphatic carbocycles. The second-order valence-electron chi connectivity index (χ2n) is 7.42. The van der Waals surface area contributed by atoms with Crippen LogP contribution in [0.25, 0.3) is 0 Å². The molecular weight excluding hydrogens is 323 g/mol. The van der Waals surface area contributed by atoms with Gasteiger partial charge in [0.1, 0.15) is 0 Å². The van der Waals surface area contributed by atoms with Crippen LogP contribution in [0.4, 0.5) is 0 Å². The minimum absolute atomic E-state index is 0.556. The normalized spacial score (nSPS) is 39.4. The molecule has 5 rings (SSSR count). The monoisotopic (exact) mass is 350 g/mol. The van der Waals surface area contributed by atoms with Gasteiger partial charge in [0.05, 0.1) is 0 Å². The van der Waals surface area contributed by atoms with Crippen molar-refractivity contribution >= 4 is 18.6 Å². The molecule has 20 heavy (non-hydrogen) atoms. The molecule has 4 unspecified atom stereocenters. The Labute approximate surface area is 142 Å². The van der Waals surface area contributed by atoms with Gasteiger partial charge in [0.25, 0.3) is 0 Å². The van der Waals surface area contributed by atoms with Crippen LogP contribution in [0.5, 0.6) is 0 Å². The number of hydrogen-bond acceptors (Lipinski definition) is 0. The molecule has 0 saturated heterocycles. The van der Waals surface area contributed by atoms with Gasteiger partial charge in [0.2, 0.25) is 0 Å². The Morgan fingerprint density at radius 2 is 1.65 bits per heavy atom. The van der Waals surface area contributed by atoms with Crippen LogP contribution in [0.15, 0.2) is 0 Å². The zero-order valence-electron chi connectivity index (χ0n) is 12.9. The number of rotatable bonds is 0. The van der Waals surface area contributed by atoms with Crippen LogP contribution < -0.4 is 0 Å². The van der Waals surface area contributed by atoms with E-state index in [1.54, 1.807) is 25.7 Å². The zero-order chi connectivity index (χ0) is 14.6. The first-order valence-electron chi connectivity index (χ1n) is 8.22. The molecule has 114 valence electrons. The van der Waals surface area contributed by atoms with Gasteiger partial charge < -0.3 is 0 Å². The summed E-state index contributed by atoms with van der Waals surface area (Å²) in [5.74, 6) is 4.51. The van der Waals surface area contributed by atoms with Gasteiger partial charge in [-0.25, -0.2) is 0 Å². The van der Waals surface area contributed by atoms with E-state index in [9.17, 15) is 0 Å². The molecule has 2 radical (unpaired) electrons. The molecule has 0 aromatic heterocycles. The maximum atomic E-state index is 4.89. The second kappa shape index (κ2) is 8.23. The molecule has 0 aliphatic heterocycles. The topological polar surface area (TPSA) is 0 Å². The van der Waals surface area contributed by atoms with Crippen LogP contribution in [-0.4, -0.2) is 0 Å². The molecule has 0 N–H and O–H groups in total. The van der Waals surface area contributed by atoms with Gasteiger partial charge in [-0.05, 0) is 74.0 Å². The molecule has 5 aliphatic rings. The van der Waals surface area contributed by atoms with Gasteiger partial charge in [-0.3, -0.25) is 0 Å². The average molecular weight is 351 g/mol. The molecule has 0 nitrogen and oxygen atoms in total. The fourth-order valence-electron chi connectivity index (χ4n) is 5.03. The van der Waals surface area contributed by atoms with Crippen molar-refractivity contribution in [3.8, 4) is 0 Å². The summed E-state index contributed by atoms with van der Waals surface area (Å²) in [6, 6.07) is 0. The van der Waals surface area contributed by atoms with Gasteiger partial charge in [-0.2, -0.15) is 0 Å². The summed E-state index contributed by atoms with van der Waals surface area (Å²) in [6.07, 6.45) is 16.3. The summed E-state index contributed by atoms with van der Waals surface area (Å²) in [5.41, 5.74) is 0.728. The quantitative estimate of drug-likeness (QED) is 0.442. The summed E-state index contributed by atoms with van der Waals surface area (Å²) in [5, 5.41) is 0. The Morgan fingerprint density at radius 3 is 2.15 bits per heavy atom. The molecular formula is C17H28Cl2Ti. The van der Waals surface area contributed by atoms with Crippen LogP contribution in [0, 0.1) is 41.9 Å². The predicted molar refractivity (Wildman–Crippen MR) is 85.0 cm³/mol. The third-order valence-electron chi connectivity index (χ3n) is 6.28. The zero-order valence-corrected chi connectivity index (χ0v) is 16.0. The third kappa shape index (κ3) is 3.98. The minimum atomic E-state index is -0.556. The van der Waals surface area contributed by atoms with E-state index >= 15 is 0 Å². The Morgan fingerprint density at radius 1 is 1.00 bits per heavy atom. The Balaban J connectivity index is 0.000000154. The van der Waals surface area contributed by atoms with Gasteiger partial charge >= 0.3 is 35.6 Å². The van der Waals surface area contributed by atoms with E-state index in [0.717, 1.165) is 29.1 Å². The van der Waals surface area contributed by atoms with Crippen LogP contribution in [0.2, 0.25) is 0 Å². The van der Waals surface area contributed by atoms with E-state index in [4.69, 9.17) is 18.6 Å². The van der Waals surface area contributed by atoms with Gasteiger partial charge in [0, 0.05) is 0 Å². The molecule has 0 aromatic rings. The average Bonchev–Trinajstić information content (AvgIpc) is 3.13. The van der Waals surface area contributed by atoms with Crippen molar-refractivity contribution in [2.75, 3.05) is 0 Å². The van der Waals surface area contributed by atoms with E-state index in [1.165, 1.54) is 25.7 Å². The van der Waals surface area contributed by atoms with E-state index < -0.39 is 17.0 Å². The molecule has 3 heteroatoms. The fourth-order valence-corrected chi connectivity index (χ4v) is 5.03. The first-order chi connectivity index (χ1) is 9.61. The summed E-state index contributed by atoms with van der Waals surface area (Å²) in [7, 11) is 9.78. The van der Waals surface area contributed by atoms with Gasteiger partial charge in [-0.15, -0.1) is 0 Å². The van der Waals surface area contributed by atoms with E-state index in [-0.39, 0.29) is 0 Å². The third-order valence-corrected chi connectivity index (χ3v) is 6.28. The van der Waals surface area contributed by atoms with Crippen molar-refractivity contribution in [3.05, 3.63) is 12.8 Å². The number of halogens is 2. The van der Waals surface area contributed by atoms with Gasteiger partial charge in [-0.1, -0.05) is 33.1 Å². The van der Waals surface area contributed by atoms with Crippen LogP contribution in [-0.2, 0) is 17.0 Å². The Kier molecular flexibility index (Phi) is 7.26. The molecule has 5 saturated carbocycles. The van der Waals surface area contributed by atoms with Crippen LogP contribution in [0.1, 0.15) is 65.2 Å². The SMILES string of the molecule is CC1(C)C2CC3CCCC3C1C2.[CH]1[CH]CCC1.[Cl][Ti][Cl]. The molecule has 0 aromatic carbocycles. The molecule has 2 bridgehead atoms. The first-order valence-corrected chi connectivity index (χ1v) is 12.5. The Hall–Kier alpha value is 1.29. The second-order valence-corrected chi connectivity index (χ2v) is 10.0. The van der Waals surface area contributed by atoms with Crippen LogP contribution in [0.3, 0.4) is 0 Å². The predicted octanol–water partition coefficient (Wildman–Crippen LogP) is 6.42. The summed E-state index contributed by atoms with van der Waals surface area (Å²) < 4.78 is 0. The maximum absolute atomic E-state index is 4.89. The molecule has 0 heterocycles. The number of hydrogen-bond donors (Lipinski definition) is 0. The standard InChI is InChI=1S/C12H20.C5H8.2ClH.Ti/c1-12(2)9-6-8-4-3-5-10(8)11(12)7-9;1-2-4-5-3-1;;;/h8-11H,3-7H2,1-2H3;1-2H,3-5H2;2*1H;/q;;;;+2/p-2. The van der Waals surface area contributed by atoms with Crippen molar-refractivity contribution in [1.29, 1.82) is 0 Å². The van der Waals surface area contributed by atoms with Crippen molar-refractivity contribution in [1.82, 2.24) is 0 Å². The van der Waals surface area contributed by atoms with E-state index in [0.29, 0.717) is 0 Å². The fraction of sp³-hybridized carbons (Fsp3) is 0.882. The molecule has 5 fully saturated rings. The molecule has 0 amide bonds. The summed E-state index contributed by atoms with van der Waals surface area (Å²) >= 11 is -0.556. The van der Waals surface area contributed by atoms with Crippen molar-refractivity contribution in [3.63, 3.8) is 0 Å². The first kappa shape index (κ1) is 17.6. The molecule has 4 atom stereocenters. The van der Waals surface area contributed by atoms with Crippen molar-refractivity contribution in [2.24, 2.45) is 29.1 Å². The summed E-state index contributed by atoms with van der Waals surface area (Å²) in [6.45, 7) is 5.03. The van der Waals surface area contributed by atoms with Crippen LogP contribution >= 0.6 is 18.6 Å². The van der Waals surface area contributed by atoms with Gasteiger partial charge in [0.15, 0.2) is 0 Å². The summed E-state index contributed by atoms with van der Waals surface area (Å²) in [4.78, 5) is 0. The van der Waals surface area contributed by atoms with Crippen molar-refractivity contribution < 1.29 is 17.0 Å². The molecule has 0 spiro atoms. The van der Waals surface area contributed by atoms with E-state index in [2.05, 4.69) is 26.7 Å².